The molecule has 1 fully saturated rings. The van der Waals surface area contributed by atoms with Crippen LogP contribution in [0, 0.1) is 0 Å². The van der Waals surface area contributed by atoms with E-state index in [0.717, 1.165) is 17.5 Å². The second kappa shape index (κ2) is 7.20. The van der Waals surface area contributed by atoms with Gasteiger partial charge < -0.3 is 15.0 Å². The lowest BCUT2D eigenvalue weighted by Gasteiger charge is -2.29. The summed E-state index contributed by atoms with van der Waals surface area (Å²) in [5, 5.41) is 3.47. The summed E-state index contributed by atoms with van der Waals surface area (Å²) >= 11 is 0. The number of hydrogen-bond acceptors (Lipinski definition) is 3. The Kier molecular flexibility index (Phi) is 4.72. The van der Waals surface area contributed by atoms with Crippen molar-refractivity contribution in [3.8, 4) is 0 Å². The molecule has 0 atom stereocenters. The number of anilines is 2. The minimum atomic E-state index is -4.51. The van der Waals surface area contributed by atoms with Crippen molar-refractivity contribution in [2.45, 2.75) is 6.18 Å². The number of aromatic nitrogens is 1. The largest absolute Gasteiger partial charge is 0.416 e. The number of nitrogens with zero attached hydrogens (tertiary/aromatic N) is 2. The maximum atomic E-state index is 13.4. The summed E-state index contributed by atoms with van der Waals surface area (Å²) in [5.74, 6) is 0. The Hall–Kier alpha value is -3.00. The molecule has 5 nitrogen and oxygen atoms in total. The molecule has 3 aromatic rings. The number of para-hydroxylation sites is 1. The average molecular weight is 389 g/mol. The fourth-order valence-corrected chi connectivity index (χ4v) is 3.29. The minimum Gasteiger partial charge on any atom is -0.378 e. The van der Waals surface area contributed by atoms with E-state index in [0.29, 0.717) is 37.5 Å². The van der Waals surface area contributed by atoms with Crippen molar-refractivity contribution in [1.29, 1.82) is 0 Å². The van der Waals surface area contributed by atoms with Crippen molar-refractivity contribution >= 4 is 28.3 Å². The smallest absolute Gasteiger partial charge is 0.378 e. The zero-order valence-corrected chi connectivity index (χ0v) is 14.9. The van der Waals surface area contributed by atoms with Crippen LogP contribution in [0.2, 0.25) is 0 Å². The predicted molar refractivity (Wildman–Crippen MR) is 101 cm³/mol. The van der Waals surface area contributed by atoms with Gasteiger partial charge in [-0.1, -0.05) is 18.2 Å². The van der Waals surface area contributed by atoms with Crippen LogP contribution in [0.15, 0.2) is 54.7 Å². The molecule has 2 aromatic carbocycles. The molecule has 0 saturated carbocycles. The Balaban J connectivity index is 1.67. The summed E-state index contributed by atoms with van der Waals surface area (Å²) in [6.45, 7) is 1.90. The van der Waals surface area contributed by atoms with Gasteiger partial charge in [0.15, 0.2) is 0 Å². The normalized spacial score (nSPS) is 15.0. The van der Waals surface area contributed by atoms with E-state index < -0.39 is 17.8 Å². The summed E-state index contributed by atoms with van der Waals surface area (Å²) in [6, 6.07) is 12.2. The predicted octanol–water partition coefficient (Wildman–Crippen LogP) is 4.58. The molecule has 1 amide bonds. The first kappa shape index (κ1) is 18.4. The quantitative estimate of drug-likeness (QED) is 0.698. The van der Waals surface area contributed by atoms with Crippen molar-refractivity contribution in [3.63, 3.8) is 0 Å². The maximum Gasteiger partial charge on any atom is 0.416 e. The topological polar surface area (TPSA) is 46.5 Å². The van der Waals surface area contributed by atoms with Gasteiger partial charge in [0, 0.05) is 36.0 Å². The molecule has 8 heteroatoms. The van der Waals surface area contributed by atoms with Crippen LogP contribution < -0.4 is 10.2 Å². The van der Waals surface area contributed by atoms with Gasteiger partial charge in [0.1, 0.15) is 0 Å². The van der Waals surface area contributed by atoms with E-state index in [1.807, 2.05) is 17.0 Å². The Morgan fingerprint density at radius 3 is 2.54 bits per heavy atom. The van der Waals surface area contributed by atoms with Crippen molar-refractivity contribution in [3.05, 3.63) is 60.3 Å². The van der Waals surface area contributed by atoms with E-state index in [2.05, 4.69) is 5.32 Å². The Labute approximate surface area is 159 Å². The number of halogens is 3. The third-order valence-corrected chi connectivity index (χ3v) is 4.69. The molecule has 0 spiro atoms. The summed E-state index contributed by atoms with van der Waals surface area (Å²) in [5.41, 5.74) is 0.384. The number of ether oxygens (including phenoxy) is 1. The van der Waals surface area contributed by atoms with E-state index in [4.69, 9.17) is 4.74 Å². The number of alkyl halides is 3. The van der Waals surface area contributed by atoms with Gasteiger partial charge in [0.05, 0.1) is 24.3 Å². The van der Waals surface area contributed by atoms with Gasteiger partial charge in [-0.3, -0.25) is 4.57 Å². The summed E-state index contributed by atoms with van der Waals surface area (Å²) in [4.78, 5) is 14.5. The average Bonchev–Trinajstić information content (AvgIpc) is 3.12. The van der Waals surface area contributed by atoms with Gasteiger partial charge in [0.25, 0.3) is 0 Å². The van der Waals surface area contributed by atoms with Crippen LogP contribution in [0.1, 0.15) is 5.56 Å². The molecule has 0 bridgehead atoms. The van der Waals surface area contributed by atoms with E-state index >= 15 is 0 Å². The number of hydrogen-bond donors (Lipinski definition) is 1. The molecule has 0 unspecified atom stereocenters. The van der Waals surface area contributed by atoms with Crippen molar-refractivity contribution in [1.82, 2.24) is 4.57 Å². The van der Waals surface area contributed by atoms with E-state index in [1.54, 1.807) is 30.5 Å². The van der Waals surface area contributed by atoms with Crippen LogP contribution in [0.25, 0.3) is 10.9 Å². The molecule has 4 rings (SSSR count). The number of nitrogens with one attached hydrogen (secondary N) is 1. The molecule has 1 aliphatic heterocycles. The number of amides is 1. The van der Waals surface area contributed by atoms with E-state index in [-0.39, 0.29) is 5.69 Å². The fraction of sp³-hybridized carbons (Fsp3) is 0.250. The summed E-state index contributed by atoms with van der Waals surface area (Å²) in [6.07, 6.45) is -2.92. The second-order valence-electron chi connectivity index (χ2n) is 6.54. The molecule has 2 heterocycles. The van der Waals surface area contributed by atoms with Crippen LogP contribution in [0.4, 0.5) is 29.3 Å². The van der Waals surface area contributed by atoms with Gasteiger partial charge >= 0.3 is 12.2 Å². The zero-order chi connectivity index (χ0) is 19.7. The number of fused-ring (bicyclic) bond motifs is 1. The highest BCUT2D eigenvalue weighted by molar-refractivity contribution is 5.98. The molecular weight excluding hydrogens is 371 g/mol. The first-order valence-electron chi connectivity index (χ1n) is 8.84. The third kappa shape index (κ3) is 3.68. The molecular formula is C20H18F3N3O2. The SMILES string of the molecule is O=C(Nc1cc(N2CCOCC2)cc(C(F)(F)F)c1)n1ccc2ccccc21. The minimum absolute atomic E-state index is 0.0964. The number of benzene rings is 2. The van der Waals surface area contributed by atoms with Gasteiger partial charge in [0.2, 0.25) is 0 Å². The number of rotatable bonds is 2. The monoisotopic (exact) mass is 389 g/mol. The zero-order valence-electron chi connectivity index (χ0n) is 14.9. The van der Waals surface area contributed by atoms with Crippen LogP contribution in [0.3, 0.4) is 0 Å². The molecule has 1 saturated heterocycles. The van der Waals surface area contributed by atoms with Crippen LogP contribution in [-0.4, -0.2) is 36.9 Å². The molecule has 0 radical (unpaired) electrons. The fourth-order valence-electron chi connectivity index (χ4n) is 3.29. The highest BCUT2D eigenvalue weighted by Gasteiger charge is 2.32. The summed E-state index contributed by atoms with van der Waals surface area (Å²) < 4.78 is 46.8. The third-order valence-electron chi connectivity index (χ3n) is 4.69. The molecule has 1 N–H and O–H groups in total. The highest BCUT2D eigenvalue weighted by atomic mass is 19.4. The van der Waals surface area contributed by atoms with Gasteiger partial charge in [-0.2, -0.15) is 13.2 Å². The Bertz CT molecular complexity index is 1010. The van der Waals surface area contributed by atoms with Gasteiger partial charge in [-0.05, 0) is 30.3 Å². The van der Waals surface area contributed by atoms with E-state index in [9.17, 15) is 18.0 Å². The number of morpholine rings is 1. The van der Waals surface area contributed by atoms with E-state index in [1.165, 1.54) is 4.57 Å². The first-order valence-corrected chi connectivity index (χ1v) is 8.84. The van der Waals surface area contributed by atoms with Gasteiger partial charge in [-0.15, -0.1) is 0 Å². The number of carbonyl (C=O) groups is 1. The Morgan fingerprint density at radius 1 is 1.04 bits per heavy atom. The second-order valence-corrected chi connectivity index (χ2v) is 6.54. The van der Waals surface area contributed by atoms with Crippen molar-refractivity contribution in [2.24, 2.45) is 0 Å². The number of carbonyl (C=O) groups excluding carboxylic acids is 1. The lowest BCUT2D eigenvalue weighted by molar-refractivity contribution is -0.137. The standard InChI is InChI=1S/C20H18F3N3O2/c21-20(22,23)15-11-16(13-17(12-15)25-7-9-28-10-8-25)24-19(27)26-6-5-14-3-1-2-4-18(14)26/h1-6,11-13H,7-10H2,(H,24,27). The van der Waals surface area contributed by atoms with Crippen LogP contribution in [0.5, 0.6) is 0 Å². The van der Waals surface area contributed by atoms with Crippen molar-refractivity contribution < 1.29 is 22.7 Å². The first-order chi connectivity index (χ1) is 13.4. The van der Waals surface area contributed by atoms with Crippen molar-refractivity contribution in [2.75, 3.05) is 36.5 Å². The Morgan fingerprint density at radius 2 is 1.79 bits per heavy atom. The van der Waals surface area contributed by atoms with Crippen LogP contribution in [-0.2, 0) is 10.9 Å². The molecule has 146 valence electrons. The molecule has 28 heavy (non-hydrogen) atoms. The lowest BCUT2D eigenvalue weighted by Crippen LogP contribution is -2.36. The molecule has 0 aliphatic carbocycles. The molecule has 1 aliphatic rings. The maximum absolute atomic E-state index is 13.4. The highest BCUT2D eigenvalue weighted by Crippen LogP contribution is 2.35. The van der Waals surface area contributed by atoms with Crippen LogP contribution >= 0.6 is 0 Å². The molecule has 1 aromatic heterocycles. The van der Waals surface area contributed by atoms with Gasteiger partial charge in [-0.25, -0.2) is 4.79 Å². The summed E-state index contributed by atoms with van der Waals surface area (Å²) in [7, 11) is 0. The lowest BCUT2D eigenvalue weighted by atomic mass is 10.1.